The molecule has 0 amide bonds. The molecule has 2 aliphatic rings. The summed E-state index contributed by atoms with van der Waals surface area (Å²) in [7, 11) is 0. The van der Waals surface area contributed by atoms with Crippen molar-refractivity contribution in [2.75, 3.05) is 12.4 Å². The van der Waals surface area contributed by atoms with Gasteiger partial charge in [-0.1, -0.05) is 38.5 Å². The molecular weight excluding hydrogens is 230 g/mol. The molecule has 2 aliphatic carbocycles. The molecule has 1 nitrogen and oxygen atoms in total. The van der Waals surface area contributed by atoms with Gasteiger partial charge in [0.2, 0.25) is 0 Å². The Bertz CT molecular complexity index is 199. The van der Waals surface area contributed by atoms with Crippen molar-refractivity contribution in [2.45, 2.75) is 70.3 Å². The lowest BCUT2D eigenvalue weighted by Crippen LogP contribution is -2.37. The van der Waals surface area contributed by atoms with Crippen LogP contribution in [0.1, 0.15) is 64.2 Å². The van der Waals surface area contributed by atoms with E-state index in [0.29, 0.717) is 0 Å². The van der Waals surface area contributed by atoms with Gasteiger partial charge in [-0.15, -0.1) is 11.6 Å². The third-order valence-corrected chi connectivity index (χ3v) is 5.18. The highest BCUT2D eigenvalue weighted by atomic mass is 35.5. The highest BCUT2D eigenvalue weighted by Gasteiger charge is 2.24. The average Bonchev–Trinajstić information content (AvgIpc) is 2.65. The zero-order chi connectivity index (χ0) is 11.9. The van der Waals surface area contributed by atoms with Gasteiger partial charge < -0.3 is 5.32 Å². The Hall–Kier alpha value is 0.250. The maximum absolute atomic E-state index is 6.09. The Morgan fingerprint density at radius 3 is 2.00 bits per heavy atom. The summed E-state index contributed by atoms with van der Waals surface area (Å²) in [6, 6.07) is 0.801. The van der Waals surface area contributed by atoms with Crippen molar-refractivity contribution >= 4 is 11.6 Å². The van der Waals surface area contributed by atoms with Gasteiger partial charge in [0.15, 0.2) is 0 Å². The quantitative estimate of drug-likeness (QED) is 0.583. The van der Waals surface area contributed by atoms with Gasteiger partial charge in [0.1, 0.15) is 0 Å². The summed E-state index contributed by atoms with van der Waals surface area (Å²) in [5.74, 6) is 2.50. The van der Waals surface area contributed by atoms with E-state index in [9.17, 15) is 0 Å². The fourth-order valence-electron chi connectivity index (χ4n) is 3.56. The number of nitrogens with one attached hydrogen (secondary N) is 1. The van der Waals surface area contributed by atoms with Crippen LogP contribution >= 0.6 is 11.6 Å². The molecule has 0 aliphatic heterocycles. The van der Waals surface area contributed by atoms with Gasteiger partial charge in [-0.25, -0.2) is 0 Å². The van der Waals surface area contributed by atoms with Crippen molar-refractivity contribution in [3.63, 3.8) is 0 Å². The zero-order valence-corrected chi connectivity index (χ0v) is 11.9. The van der Waals surface area contributed by atoms with Gasteiger partial charge in [-0.3, -0.25) is 0 Å². The molecule has 2 unspecified atom stereocenters. The molecule has 0 aromatic heterocycles. The molecular formula is C15H28ClN. The molecule has 0 aromatic rings. The van der Waals surface area contributed by atoms with E-state index in [1.807, 2.05) is 0 Å². The Morgan fingerprint density at radius 2 is 1.35 bits per heavy atom. The summed E-state index contributed by atoms with van der Waals surface area (Å²) in [5, 5.41) is 3.84. The second kappa shape index (κ2) is 7.63. The van der Waals surface area contributed by atoms with Crippen molar-refractivity contribution < 1.29 is 0 Å². The van der Waals surface area contributed by atoms with Crippen LogP contribution < -0.4 is 5.32 Å². The highest BCUT2D eigenvalue weighted by Crippen LogP contribution is 2.30. The van der Waals surface area contributed by atoms with Gasteiger partial charge >= 0.3 is 0 Å². The smallest absolute Gasteiger partial charge is 0.0254 e. The van der Waals surface area contributed by atoms with Crippen LogP contribution in [0.25, 0.3) is 0 Å². The Labute approximate surface area is 112 Å². The van der Waals surface area contributed by atoms with E-state index in [1.165, 1.54) is 70.8 Å². The Balaban J connectivity index is 1.71. The minimum atomic E-state index is 0.781. The van der Waals surface area contributed by atoms with Gasteiger partial charge in [0, 0.05) is 11.9 Å². The summed E-state index contributed by atoms with van der Waals surface area (Å²) >= 11 is 6.09. The summed E-state index contributed by atoms with van der Waals surface area (Å²) in [6.07, 6.45) is 14.1. The van der Waals surface area contributed by atoms with Gasteiger partial charge in [-0.2, -0.15) is 0 Å². The van der Waals surface area contributed by atoms with Crippen molar-refractivity contribution in [3.05, 3.63) is 0 Å². The van der Waals surface area contributed by atoms with E-state index in [2.05, 4.69) is 5.32 Å². The van der Waals surface area contributed by atoms with Crippen LogP contribution in [0.4, 0.5) is 0 Å². The largest absolute Gasteiger partial charge is 0.314 e. The first-order valence-electron chi connectivity index (χ1n) is 7.69. The first-order valence-corrected chi connectivity index (χ1v) is 8.23. The molecule has 1 N–H and O–H groups in total. The molecule has 17 heavy (non-hydrogen) atoms. The monoisotopic (exact) mass is 257 g/mol. The first kappa shape index (κ1) is 13.7. The van der Waals surface area contributed by atoms with E-state index in [4.69, 9.17) is 11.6 Å². The molecule has 100 valence electrons. The fraction of sp³-hybridized carbons (Fsp3) is 1.00. The van der Waals surface area contributed by atoms with Crippen LogP contribution in [-0.2, 0) is 0 Å². The second-order valence-corrected chi connectivity index (χ2v) is 6.36. The van der Waals surface area contributed by atoms with Gasteiger partial charge in [0.05, 0.1) is 0 Å². The molecule has 0 bridgehead atoms. The standard InChI is InChI=1S/C15H28ClN/c16-11-13-7-5-6-8-14(13)12-17-15-9-3-1-2-4-10-15/h13-15,17H,1-12H2. The third-order valence-electron chi connectivity index (χ3n) is 4.79. The summed E-state index contributed by atoms with van der Waals surface area (Å²) < 4.78 is 0. The van der Waals surface area contributed by atoms with Crippen LogP contribution in [0.5, 0.6) is 0 Å². The predicted molar refractivity (Wildman–Crippen MR) is 75.7 cm³/mol. The SMILES string of the molecule is ClCC1CCCCC1CNC1CCCCCC1. The minimum Gasteiger partial charge on any atom is -0.314 e. The maximum atomic E-state index is 6.09. The second-order valence-electron chi connectivity index (χ2n) is 6.06. The summed E-state index contributed by atoms with van der Waals surface area (Å²) in [4.78, 5) is 0. The molecule has 2 fully saturated rings. The van der Waals surface area contributed by atoms with Crippen LogP contribution in [-0.4, -0.2) is 18.5 Å². The zero-order valence-electron chi connectivity index (χ0n) is 11.1. The van der Waals surface area contributed by atoms with E-state index >= 15 is 0 Å². The Kier molecular flexibility index (Phi) is 6.14. The van der Waals surface area contributed by atoms with Crippen LogP contribution in [0.3, 0.4) is 0 Å². The van der Waals surface area contributed by atoms with E-state index in [0.717, 1.165) is 23.8 Å². The van der Waals surface area contributed by atoms with Gasteiger partial charge in [0.25, 0.3) is 0 Å². The van der Waals surface area contributed by atoms with E-state index in [1.54, 1.807) is 0 Å². The highest BCUT2D eigenvalue weighted by molar-refractivity contribution is 6.18. The normalized spacial score (nSPS) is 32.3. The molecule has 2 atom stereocenters. The van der Waals surface area contributed by atoms with Crippen molar-refractivity contribution in [1.29, 1.82) is 0 Å². The third kappa shape index (κ3) is 4.44. The molecule has 0 spiro atoms. The number of hydrogen-bond donors (Lipinski definition) is 1. The van der Waals surface area contributed by atoms with Crippen LogP contribution in [0, 0.1) is 11.8 Å². The molecule has 2 saturated carbocycles. The lowest BCUT2D eigenvalue weighted by atomic mass is 9.80. The molecule has 2 rings (SSSR count). The predicted octanol–water partition coefficient (Wildman–Crippen LogP) is 4.34. The number of hydrogen-bond acceptors (Lipinski definition) is 1. The lowest BCUT2D eigenvalue weighted by molar-refractivity contribution is 0.240. The van der Waals surface area contributed by atoms with Crippen molar-refractivity contribution in [3.8, 4) is 0 Å². The first-order chi connectivity index (χ1) is 8.40. The lowest BCUT2D eigenvalue weighted by Gasteiger charge is -2.31. The summed E-state index contributed by atoms with van der Waals surface area (Å²) in [5.41, 5.74) is 0. The summed E-state index contributed by atoms with van der Waals surface area (Å²) in [6.45, 7) is 1.22. The van der Waals surface area contributed by atoms with E-state index < -0.39 is 0 Å². The molecule has 0 saturated heterocycles. The topological polar surface area (TPSA) is 12.0 Å². The van der Waals surface area contributed by atoms with Gasteiger partial charge in [-0.05, 0) is 44.1 Å². The molecule has 0 aromatic carbocycles. The van der Waals surface area contributed by atoms with Crippen LogP contribution in [0.15, 0.2) is 0 Å². The van der Waals surface area contributed by atoms with Crippen LogP contribution in [0.2, 0.25) is 0 Å². The van der Waals surface area contributed by atoms with E-state index in [-0.39, 0.29) is 0 Å². The average molecular weight is 258 g/mol. The minimum absolute atomic E-state index is 0.781. The van der Waals surface area contributed by atoms with Crippen molar-refractivity contribution in [2.24, 2.45) is 11.8 Å². The number of alkyl halides is 1. The molecule has 2 heteroatoms. The molecule has 0 heterocycles. The Morgan fingerprint density at radius 1 is 0.765 bits per heavy atom. The molecule has 0 radical (unpaired) electrons. The number of rotatable bonds is 4. The number of halogens is 1. The maximum Gasteiger partial charge on any atom is 0.0254 e. The van der Waals surface area contributed by atoms with Crippen molar-refractivity contribution in [1.82, 2.24) is 5.32 Å². The fourth-order valence-corrected chi connectivity index (χ4v) is 3.96.